The Morgan fingerprint density at radius 1 is 0.661 bits per heavy atom. The number of rotatable bonds is 10. The Balaban J connectivity index is 1.26. The van der Waals surface area contributed by atoms with Crippen LogP contribution in [0.4, 0.5) is 0 Å². The van der Waals surface area contributed by atoms with Gasteiger partial charge in [0, 0.05) is 27.8 Å². The molecule has 0 amide bonds. The van der Waals surface area contributed by atoms with Gasteiger partial charge in [-0.05, 0) is 176 Å². The van der Waals surface area contributed by atoms with Crippen molar-refractivity contribution in [1.29, 1.82) is 0 Å². The predicted molar refractivity (Wildman–Crippen MR) is 248 cm³/mol. The lowest BCUT2D eigenvalue weighted by Crippen LogP contribution is -2.48. The number of nitrogens with zero attached hydrogens (tertiary/aromatic N) is 1. The number of allylic oxidation sites excluding steroid dienone is 1. The van der Waals surface area contributed by atoms with Crippen LogP contribution >= 0.6 is 0 Å². The van der Waals surface area contributed by atoms with Gasteiger partial charge in [0.25, 0.3) is 0 Å². The summed E-state index contributed by atoms with van der Waals surface area (Å²) >= 11 is 0. The van der Waals surface area contributed by atoms with Crippen LogP contribution in [0, 0.1) is 37.5 Å². The van der Waals surface area contributed by atoms with E-state index >= 15 is 0 Å². The Hall–Kier alpha value is -4.63. The molecule has 1 heterocycles. The van der Waals surface area contributed by atoms with Crippen molar-refractivity contribution in [2.75, 3.05) is 0 Å². The Kier molecular flexibility index (Phi) is 10.8. The molecule has 2 N–H and O–H groups in total. The van der Waals surface area contributed by atoms with Crippen molar-refractivity contribution in [1.82, 2.24) is 4.98 Å². The van der Waals surface area contributed by atoms with E-state index < -0.39 is 0 Å². The standard InChI is InChI=1S/C56H67NO2/c1-11-13-34(2)16-19-40-27-41(54(5,6)7)28-47(52(40)58)43-20-17-35(3)22-45(43)50-14-12-15-51(57-50)46-23-36(4)18-21-44(46)48-29-42(55(8,9)10)30-49(53(48)59)56-31-37-24-38(32-56)26-39(25-37)33-56/h11-12,14-15,17-18,20-23,27-30,34,37-39,58-59H,1,13,16,19,24-26,31-33H2,2-10H3. The van der Waals surface area contributed by atoms with Gasteiger partial charge in [0.1, 0.15) is 11.5 Å². The average molecular weight is 786 g/mol. The molecule has 9 rings (SSSR count). The van der Waals surface area contributed by atoms with E-state index in [-0.39, 0.29) is 16.2 Å². The highest BCUT2D eigenvalue weighted by molar-refractivity contribution is 5.89. The summed E-state index contributed by atoms with van der Waals surface area (Å²) in [4.78, 5) is 5.48. The summed E-state index contributed by atoms with van der Waals surface area (Å²) < 4.78 is 0. The van der Waals surface area contributed by atoms with Crippen LogP contribution in [0.25, 0.3) is 44.8 Å². The van der Waals surface area contributed by atoms with E-state index in [1.807, 2.05) is 6.08 Å². The number of aromatic nitrogens is 1. The number of pyridine rings is 1. The van der Waals surface area contributed by atoms with Crippen LogP contribution in [0.1, 0.15) is 133 Å². The Bertz CT molecular complexity index is 2370. The van der Waals surface area contributed by atoms with Gasteiger partial charge in [0.15, 0.2) is 0 Å². The SMILES string of the molecule is C=CCC(C)CCc1cc(C(C)(C)C)cc(-c2ccc(C)cc2-c2cccc(-c3cc(C)ccc3-c3cc(C(C)(C)C)cc(C45CC6CC(CC(C6)C4)C5)c3O)n2)c1O. The number of aryl methyl sites for hydroxylation is 3. The fourth-order valence-corrected chi connectivity index (χ4v) is 11.4. The van der Waals surface area contributed by atoms with Crippen molar-refractivity contribution in [3.8, 4) is 56.3 Å². The Labute approximate surface area is 355 Å². The molecule has 1 unspecified atom stereocenters. The number of phenols is 2. The second-order valence-electron chi connectivity index (χ2n) is 21.3. The molecule has 308 valence electrons. The summed E-state index contributed by atoms with van der Waals surface area (Å²) in [6, 6.07) is 28.5. The topological polar surface area (TPSA) is 53.4 Å². The minimum absolute atomic E-state index is 0.0546. The zero-order chi connectivity index (χ0) is 42.0. The summed E-state index contributed by atoms with van der Waals surface area (Å²) in [6.45, 7) is 24.1. The number of hydrogen-bond donors (Lipinski definition) is 2. The molecule has 59 heavy (non-hydrogen) atoms. The van der Waals surface area contributed by atoms with Crippen molar-refractivity contribution in [3.05, 3.63) is 125 Å². The summed E-state index contributed by atoms with van der Waals surface area (Å²) in [5, 5.41) is 24.7. The van der Waals surface area contributed by atoms with E-state index in [4.69, 9.17) is 4.98 Å². The highest BCUT2D eigenvalue weighted by Gasteiger charge is 2.53. The molecule has 0 spiro atoms. The minimum atomic E-state index is -0.0973. The lowest BCUT2D eigenvalue weighted by atomic mass is 9.47. The van der Waals surface area contributed by atoms with Gasteiger partial charge in [-0.25, -0.2) is 4.98 Å². The van der Waals surface area contributed by atoms with E-state index in [0.29, 0.717) is 17.4 Å². The van der Waals surface area contributed by atoms with Crippen molar-refractivity contribution < 1.29 is 10.2 Å². The number of aromatic hydroxyl groups is 2. The monoisotopic (exact) mass is 786 g/mol. The Morgan fingerprint density at radius 2 is 1.15 bits per heavy atom. The first kappa shape index (κ1) is 41.1. The van der Waals surface area contributed by atoms with Crippen molar-refractivity contribution >= 4 is 0 Å². The first-order chi connectivity index (χ1) is 27.9. The molecule has 4 saturated carbocycles. The smallest absolute Gasteiger partial charge is 0.127 e. The fraction of sp³-hybridized carbons (Fsp3) is 0.446. The van der Waals surface area contributed by atoms with E-state index in [1.165, 1.54) is 55.2 Å². The first-order valence-electron chi connectivity index (χ1n) is 22.5. The maximum absolute atomic E-state index is 12.6. The van der Waals surface area contributed by atoms with Gasteiger partial charge >= 0.3 is 0 Å². The molecule has 3 heteroatoms. The number of hydrogen-bond acceptors (Lipinski definition) is 3. The second-order valence-corrected chi connectivity index (χ2v) is 21.3. The van der Waals surface area contributed by atoms with Crippen molar-refractivity contribution in [2.24, 2.45) is 23.7 Å². The second kappa shape index (κ2) is 15.4. The third-order valence-corrected chi connectivity index (χ3v) is 14.3. The molecule has 4 aliphatic rings. The zero-order valence-electron chi connectivity index (χ0n) is 37.3. The third kappa shape index (κ3) is 8.04. The minimum Gasteiger partial charge on any atom is -0.507 e. The fourth-order valence-electron chi connectivity index (χ4n) is 11.4. The molecule has 0 radical (unpaired) electrons. The molecule has 4 fully saturated rings. The van der Waals surface area contributed by atoms with Crippen LogP contribution in [0.15, 0.2) is 91.5 Å². The summed E-state index contributed by atoms with van der Waals surface area (Å²) in [5.74, 6) is 3.66. The first-order valence-corrected chi connectivity index (χ1v) is 22.5. The summed E-state index contributed by atoms with van der Waals surface area (Å²) in [5.41, 5.74) is 14.3. The van der Waals surface area contributed by atoms with Crippen molar-refractivity contribution in [3.63, 3.8) is 0 Å². The normalized spacial score (nSPS) is 21.8. The summed E-state index contributed by atoms with van der Waals surface area (Å²) in [6.07, 6.45) is 12.5. The Morgan fingerprint density at radius 3 is 1.64 bits per heavy atom. The van der Waals surface area contributed by atoms with Gasteiger partial charge in [-0.2, -0.15) is 0 Å². The molecule has 4 aromatic carbocycles. The largest absolute Gasteiger partial charge is 0.507 e. The lowest BCUT2D eigenvalue weighted by Gasteiger charge is -2.57. The van der Waals surface area contributed by atoms with Gasteiger partial charge in [-0.1, -0.05) is 108 Å². The maximum Gasteiger partial charge on any atom is 0.127 e. The molecular weight excluding hydrogens is 719 g/mol. The highest BCUT2D eigenvalue weighted by atomic mass is 16.3. The molecule has 1 aromatic heterocycles. The van der Waals surface area contributed by atoms with Crippen LogP contribution in [0.5, 0.6) is 11.5 Å². The molecular formula is C56H67NO2. The van der Waals surface area contributed by atoms with E-state index in [0.717, 1.165) is 98.5 Å². The molecule has 4 bridgehead atoms. The zero-order valence-corrected chi connectivity index (χ0v) is 37.3. The van der Waals surface area contributed by atoms with Gasteiger partial charge in [-0.15, -0.1) is 6.58 Å². The van der Waals surface area contributed by atoms with Gasteiger partial charge < -0.3 is 10.2 Å². The summed E-state index contributed by atoms with van der Waals surface area (Å²) in [7, 11) is 0. The third-order valence-electron chi connectivity index (χ3n) is 14.3. The van der Waals surface area contributed by atoms with Crippen LogP contribution < -0.4 is 0 Å². The number of benzene rings is 4. The number of phenolic OH excluding ortho intramolecular Hbond substituents is 2. The van der Waals surface area contributed by atoms with Crippen LogP contribution in [-0.2, 0) is 22.7 Å². The molecule has 5 aromatic rings. The van der Waals surface area contributed by atoms with E-state index in [9.17, 15) is 10.2 Å². The van der Waals surface area contributed by atoms with Crippen LogP contribution in [-0.4, -0.2) is 15.2 Å². The van der Waals surface area contributed by atoms with Gasteiger partial charge in [0.05, 0.1) is 11.4 Å². The molecule has 0 saturated heterocycles. The van der Waals surface area contributed by atoms with Crippen LogP contribution in [0.3, 0.4) is 0 Å². The van der Waals surface area contributed by atoms with Gasteiger partial charge in [-0.3, -0.25) is 0 Å². The van der Waals surface area contributed by atoms with Crippen LogP contribution in [0.2, 0.25) is 0 Å². The van der Waals surface area contributed by atoms with E-state index in [2.05, 4.69) is 148 Å². The molecule has 3 nitrogen and oxygen atoms in total. The maximum atomic E-state index is 12.6. The van der Waals surface area contributed by atoms with Crippen molar-refractivity contribution in [2.45, 2.75) is 136 Å². The average Bonchev–Trinajstić information content (AvgIpc) is 3.16. The lowest BCUT2D eigenvalue weighted by molar-refractivity contribution is -0.00615. The highest BCUT2D eigenvalue weighted by Crippen LogP contribution is 2.63. The van der Waals surface area contributed by atoms with Gasteiger partial charge in [0.2, 0.25) is 0 Å². The quantitative estimate of drug-likeness (QED) is 0.139. The molecule has 0 aliphatic heterocycles. The van der Waals surface area contributed by atoms with E-state index in [1.54, 1.807) is 0 Å². The predicted octanol–water partition coefficient (Wildman–Crippen LogP) is 15.0. The molecule has 4 aliphatic carbocycles. The molecule has 1 atom stereocenters.